The Hall–Kier alpha value is -0.530. The number of hydrogen-bond acceptors (Lipinski definition) is 1. The molecular formula is C17H28ClN. The maximum Gasteiger partial charge on any atom is 0.0406 e. The Morgan fingerprint density at radius 1 is 1.00 bits per heavy atom. The van der Waals surface area contributed by atoms with Gasteiger partial charge in [0, 0.05) is 11.1 Å². The summed E-state index contributed by atoms with van der Waals surface area (Å²) >= 11 is 5.96. The van der Waals surface area contributed by atoms with Crippen molar-refractivity contribution in [2.45, 2.75) is 58.9 Å². The summed E-state index contributed by atoms with van der Waals surface area (Å²) in [6.45, 7) is 7.81. The fourth-order valence-corrected chi connectivity index (χ4v) is 2.96. The van der Waals surface area contributed by atoms with Gasteiger partial charge in [0.15, 0.2) is 0 Å². The van der Waals surface area contributed by atoms with E-state index in [0.29, 0.717) is 6.04 Å². The van der Waals surface area contributed by atoms with Gasteiger partial charge in [-0.05, 0) is 49.4 Å². The van der Waals surface area contributed by atoms with Crippen LogP contribution in [0.5, 0.6) is 0 Å². The molecule has 19 heavy (non-hydrogen) atoms. The number of nitrogens with one attached hydrogen (secondary N) is 1. The first-order chi connectivity index (χ1) is 9.21. The molecule has 0 saturated carbocycles. The van der Waals surface area contributed by atoms with Crippen molar-refractivity contribution in [3.05, 3.63) is 34.9 Å². The third kappa shape index (κ3) is 5.97. The summed E-state index contributed by atoms with van der Waals surface area (Å²) in [5.41, 5.74) is 1.38. The van der Waals surface area contributed by atoms with Gasteiger partial charge in [0.1, 0.15) is 0 Å². The van der Waals surface area contributed by atoms with E-state index in [-0.39, 0.29) is 0 Å². The van der Waals surface area contributed by atoms with Gasteiger partial charge >= 0.3 is 0 Å². The highest BCUT2D eigenvalue weighted by Gasteiger charge is 2.19. The van der Waals surface area contributed by atoms with Crippen molar-refractivity contribution in [3.63, 3.8) is 0 Å². The van der Waals surface area contributed by atoms with E-state index in [0.717, 1.165) is 23.9 Å². The number of likely N-dealkylation sites (N-methyl/N-ethyl adjacent to an activating group) is 1. The zero-order valence-electron chi connectivity index (χ0n) is 12.6. The third-order valence-electron chi connectivity index (χ3n) is 3.72. The minimum atomic E-state index is 0.589. The van der Waals surface area contributed by atoms with Crippen LogP contribution in [-0.2, 0) is 6.42 Å². The van der Waals surface area contributed by atoms with Crippen LogP contribution in [0.3, 0.4) is 0 Å². The van der Waals surface area contributed by atoms with Crippen molar-refractivity contribution >= 4 is 11.6 Å². The van der Waals surface area contributed by atoms with Crippen molar-refractivity contribution in [2.24, 2.45) is 5.92 Å². The Morgan fingerprint density at radius 2 is 1.58 bits per heavy atom. The van der Waals surface area contributed by atoms with Gasteiger partial charge in [0.2, 0.25) is 0 Å². The van der Waals surface area contributed by atoms with E-state index in [4.69, 9.17) is 11.6 Å². The summed E-state index contributed by atoms with van der Waals surface area (Å²) in [5, 5.41) is 4.50. The summed E-state index contributed by atoms with van der Waals surface area (Å²) in [6.07, 6.45) is 6.29. The minimum Gasteiger partial charge on any atom is -0.314 e. The first kappa shape index (κ1) is 16.5. The lowest BCUT2D eigenvalue weighted by molar-refractivity contribution is 0.312. The topological polar surface area (TPSA) is 12.0 Å². The van der Waals surface area contributed by atoms with E-state index < -0.39 is 0 Å². The SMILES string of the molecule is CCCC(CCC)C(Cc1ccc(Cl)cc1)NCC. The van der Waals surface area contributed by atoms with E-state index in [9.17, 15) is 0 Å². The first-order valence-electron chi connectivity index (χ1n) is 7.69. The lowest BCUT2D eigenvalue weighted by Gasteiger charge is -2.28. The van der Waals surface area contributed by atoms with Crippen LogP contribution in [0.1, 0.15) is 52.0 Å². The second-order valence-electron chi connectivity index (χ2n) is 5.33. The largest absolute Gasteiger partial charge is 0.314 e. The average molecular weight is 282 g/mol. The second kappa shape index (κ2) is 9.39. The van der Waals surface area contributed by atoms with Gasteiger partial charge in [-0.15, -0.1) is 0 Å². The molecule has 1 aromatic rings. The van der Waals surface area contributed by atoms with Crippen molar-refractivity contribution in [3.8, 4) is 0 Å². The van der Waals surface area contributed by atoms with Crippen LogP contribution >= 0.6 is 11.6 Å². The highest BCUT2D eigenvalue weighted by atomic mass is 35.5. The predicted molar refractivity (Wildman–Crippen MR) is 85.9 cm³/mol. The fourth-order valence-electron chi connectivity index (χ4n) is 2.83. The molecule has 0 aromatic heterocycles. The molecule has 1 N–H and O–H groups in total. The van der Waals surface area contributed by atoms with Gasteiger partial charge in [-0.3, -0.25) is 0 Å². The molecule has 0 radical (unpaired) electrons. The summed E-state index contributed by atoms with van der Waals surface area (Å²) in [4.78, 5) is 0. The Labute approximate surface area is 123 Å². The van der Waals surface area contributed by atoms with Crippen LogP contribution in [0, 0.1) is 5.92 Å². The van der Waals surface area contributed by atoms with Crippen molar-refractivity contribution in [1.82, 2.24) is 5.32 Å². The molecule has 1 atom stereocenters. The van der Waals surface area contributed by atoms with E-state index in [1.54, 1.807) is 0 Å². The lowest BCUT2D eigenvalue weighted by Crippen LogP contribution is -2.38. The van der Waals surface area contributed by atoms with E-state index in [2.05, 4.69) is 38.2 Å². The minimum absolute atomic E-state index is 0.589. The molecule has 0 aliphatic carbocycles. The van der Waals surface area contributed by atoms with Crippen LogP contribution in [0.15, 0.2) is 24.3 Å². The maximum absolute atomic E-state index is 5.96. The van der Waals surface area contributed by atoms with Crippen LogP contribution in [-0.4, -0.2) is 12.6 Å². The Kier molecular flexibility index (Phi) is 8.16. The van der Waals surface area contributed by atoms with Gasteiger partial charge in [-0.25, -0.2) is 0 Å². The monoisotopic (exact) mass is 281 g/mol. The smallest absolute Gasteiger partial charge is 0.0406 e. The number of halogens is 1. The molecule has 108 valence electrons. The molecule has 0 fully saturated rings. The van der Waals surface area contributed by atoms with Gasteiger partial charge in [0.25, 0.3) is 0 Å². The van der Waals surface area contributed by atoms with E-state index >= 15 is 0 Å². The third-order valence-corrected chi connectivity index (χ3v) is 3.98. The fraction of sp³-hybridized carbons (Fsp3) is 0.647. The van der Waals surface area contributed by atoms with Gasteiger partial charge < -0.3 is 5.32 Å². The molecule has 0 saturated heterocycles. The highest BCUT2D eigenvalue weighted by Crippen LogP contribution is 2.21. The molecule has 1 nitrogen and oxygen atoms in total. The number of hydrogen-bond donors (Lipinski definition) is 1. The van der Waals surface area contributed by atoms with Gasteiger partial charge in [-0.1, -0.05) is 57.3 Å². The summed E-state index contributed by atoms with van der Waals surface area (Å²) < 4.78 is 0. The summed E-state index contributed by atoms with van der Waals surface area (Å²) in [7, 11) is 0. The molecule has 1 aromatic carbocycles. The first-order valence-corrected chi connectivity index (χ1v) is 8.06. The number of benzene rings is 1. The van der Waals surface area contributed by atoms with Crippen LogP contribution in [0.2, 0.25) is 5.02 Å². The molecule has 1 rings (SSSR count). The molecule has 1 unspecified atom stereocenters. The Balaban J connectivity index is 2.71. The standard InChI is InChI=1S/C17H28ClN/c1-4-7-15(8-5-2)17(19-6-3)13-14-9-11-16(18)12-10-14/h9-12,15,17,19H,4-8,13H2,1-3H3. The molecular weight excluding hydrogens is 254 g/mol. The zero-order valence-corrected chi connectivity index (χ0v) is 13.3. The zero-order chi connectivity index (χ0) is 14.1. The van der Waals surface area contributed by atoms with Crippen molar-refractivity contribution < 1.29 is 0 Å². The average Bonchev–Trinajstić information content (AvgIpc) is 2.40. The van der Waals surface area contributed by atoms with Crippen LogP contribution in [0.4, 0.5) is 0 Å². The Bertz CT molecular complexity index is 328. The predicted octanol–water partition coefficient (Wildman–Crippen LogP) is 5.08. The summed E-state index contributed by atoms with van der Waals surface area (Å²) in [5.74, 6) is 0.783. The molecule has 0 aliphatic rings. The van der Waals surface area contributed by atoms with Gasteiger partial charge in [-0.2, -0.15) is 0 Å². The maximum atomic E-state index is 5.96. The van der Waals surface area contributed by atoms with Gasteiger partial charge in [0.05, 0.1) is 0 Å². The number of rotatable bonds is 9. The quantitative estimate of drug-likeness (QED) is 0.666. The molecule has 0 bridgehead atoms. The molecule has 0 heterocycles. The lowest BCUT2D eigenvalue weighted by atomic mass is 9.86. The molecule has 0 amide bonds. The van der Waals surface area contributed by atoms with Crippen molar-refractivity contribution in [2.75, 3.05) is 6.54 Å². The normalized spacial score (nSPS) is 12.9. The van der Waals surface area contributed by atoms with E-state index in [1.165, 1.54) is 31.2 Å². The van der Waals surface area contributed by atoms with E-state index in [1.807, 2.05) is 12.1 Å². The Morgan fingerprint density at radius 3 is 2.05 bits per heavy atom. The molecule has 0 spiro atoms. The van der Waals surface area contributed by atoms with Crippen LogP contribution in [0.25, 0.3) is 0 Å². The second-order valence-corrected chi connectivity index (χ2v) is 5.77. The van der Waals surface area contributed by atoms with Crippen molar-refractivity contribution in [1.29, 1.82) is 0 Å². The molecule has 2 heteroatoms. The summed E-state index contributed by atoms with van der Waals surface area (Å²) in [6, 6.07) is 8.89. The highest BCUT2D eigenvalue weighted by molar-refractivity contribution is 6.30. The molecule has 0 aliphatic heterocycles. The van der Waals surface area contributed by atoms with Crippen LogP contribution < -0.4 is 5.32 Å².